The molecule has 144 valence electrons. The summed E-state index contributed by atoms with van der Waals surface area (Å²) in [7, 11) is 1.88. The van der Waals surface area contributed by atoms with Gasteiger partial charge in [0.15, 0.2) is 6.20 Å². The molecule has 3 aromatic heterocycles. The Morgan fingerprint density at radius 3 is 2.52 bits per heavy atom. The number of rotatable bonds is 1. The average molecular weight is 385 g/mol. The molecule has 0 aliphatic rings. The highest BCUT2D eigenvalue weighted by Crippen LogP contribution is 2.38. The van der Waals surface area contributed by atoms with Crippen LogP contribution in [0.1, 0.15) is 32.1 Å². The van der Waals surface area contributed by atoms with Crippen LogP contribution >= 0.6 is 0 Å². The second-order valence-corrected chi connectivity index (χ2v) is 8.03. The summed E-state index contributed by atoms with van der Waals surface area (Å²) in [6.45, 7) is 5.85. The van der Waals surface area contributed by atoms with E-state index in [4.69, 9.17) is 13.5 Å². The number of aryl methyl sites for hydroxylation is 6. The van der Waals surface area contributed by atoms with Gasteiger partial charge in [0.1, 0.15) is 18.2 Å². The van der Waals surface area contributed by atoms with Gasteiger partial charge in [0, 0.05) is 37.6 Å². The van der Waals surface area contributed by atoms with Crippen LogP contribution in [0.3, 0.4) is 0 Å². The molecule has 0 saturated heterocycles. The zero-order valence-corrected chi connectivity index (χ0v) is 17.3. The molecule has 5 rings (SSSR count). The summed E-state index contributed by atoms with van der Waals surface area (Å²) < 4.78 is 31.8. The molecule has 0 saturated carbocycles. The number of aromatic nitrogens is 2. The van der Waals surface area contributed by atoms with Crippen LogP contribution < -0.4 is 4.57 Å². The molecule has 3 heterocycles. The minimum Gasteiger partial charge on any atom is -0.455 e. The molecule has 0 fully saturated rings. The molecule has 3 nitrogen and oxygen atoms in total. The van der Waals surface area contributed by atoms with E-state index in [1.165, 1.54) is 0 Å². The van der Waals surface area contributed by atoms with Crippen LogP contribution in [0.4, 0.5) is 0 Å². The summed E-state index contributed by atoms with van der Waals surface area (Å²) in [6, 6.07) is 12.4. The maximum atomic E-state index is 7.83. The molecule has 29 heavy (non-hydrogen) atoms. The highest BCUT2D eigenvalue weighted by Gasteiger charge is 2.21. The van der Waals surface area contributed by atoms with Gasteiger partial charge in [0.2, 0.25) is 5.69 Å². The van der Waals surface area contributed by atoms with Crippen molar-refractivity contribution in [2.24, 2.45) is 7.05 Å². The van der Waals surface area contributed by atoms with E-state index in [2.05, 4.69) is 44.2 Å². The monoisotopic (exact) mass is 384 g/mol. The number of hydrogen-bond donors (Lipinski definition) is 0. The van der Waals surface area contributed by atoms with Crippen molar-refractivity contribution in [3.8, 4) is 11.3 Å². The van der Waals surface area contributed by atoms with E-state index in [0.29, 0.717) is 5.56 Å². The molecule has 0 aliphatic heterocycles. The highest BCUT2D eigenvalue weighted by molar-refractivity contribution is 6.12. The van der Waals surface area contributed by atoms with Gasteiger partial charge in [-0.2, -0.15) is 0 Å². The van der Waals surface area contributed by atoms with E-state index >= 15 is 0 Å². The van der Waals surface area contributed by atoms with Gasteiger partial charge >= 0.3 is 0 Å². The van der Waals surface area contributed by atoms with Crippen molar-refractivity contribution >= 4 is 32.8 Å². The number of furan rings is 1. The summed E-state index contributed by atoms with van der Waals surface area (Å²) in [5.74, 6) is 0. The molecular weight excluding hydrogens is 356 g/mol. The van der Waals surface area contributed by atoms with E-state index < -0.39 is 6.85 Å². The number of hydrogen-bond acceptors (Lipinski definition) is 2. The molecule has 0 atom stereocenters. The predicted molar refractivity (Wildman–Crippen MR) is 119 cm³/mol. The summed E-state index contributed by atoms with van der Waals surface area (Å²) in [5, 5.41) is 3.12. The zero-order valence-electron chi connectivity index (χ0n) is 20.3. The molecule has 0 radical (unpaired) electrons. The number of fused-ring (bicyclic) bond motifs is 4. The Hall–Kier alpha value is -3.20. The SMILES string of the molecule is [2H]C([2H])([2H])c1c[n+](C)c(-c2c(C)ccc3c2oc2cc4cc(C)c(C)nc4cc23)cc1C. The van der Waals surface area contributed by atoms with Gasteiger partial charge in [-0.1, -0.05) is 12.1 Å². The number of benzene rings is 2. The number of nitrogens with zero attached hydrogens (tertiary/aromatic N) is 2. The zero-order chi connectivity index (χ0) is 22.9. The molecule has 3 heteroatoms. The molecule has 0 amide bonds. The standard InChI is InChI=1S/C26H25N2O/c1-14-7-8-20-21-12-22-19(9-16(3)18(5)27-22)11-24(21)29-26(20)25(14)23-10-15(2)17(4)13-28(23)6/h7-13H,1-6H3/q+1/i4D3. The second kappa shape index (κ2) is 6.15. The lowest BCUT2D eigenvalue weighted by molar-refractivity contribution is -0.660. The van der Waals surface area contributed by atoms with E-state index in [1.54, 1.807) is 6.20 Å². The Morgan fingerprint density at radius 1 is 0.897 bits per heavy atom. The first-order chi connectivity index (χ1) is 15.0. The van der Waals surface area contributed by atoms with Crippen LogP contribution in [0.5, 0.6) is 0 Å². The fourth-order valence-electron chi connectivity index (χ4n) is 4.12. The minimum absolute atomic E-state index is 0.362. The fraction of sp³-hybridized carbons (Fsp3) is 0.231. The highest BCUT2D eigenvalue weighted by atomic mass is 16.3. The third-order valence-corrected chi connectivity index (χ3v) is 5.96. The van der Waals surface area contributed by atoms with Gasteiger partial charge in [0.25, 0.3) is 0 Å². The first-order valence-corrected chi connectivity index (χ1v) is 9.79. The van der Waals surface area contributed by atoms with E-state index in [0.717, 1.165) is 66.5 Å². The molecule has 2 aromatic carbocycles. The Bertz CT molecular complexity index is 1560. The largest absolute Gasteiger partial charge is 0.455 e. The van der Waals surface area contributed by atoms with Gasteiger partial charge < -0.3 is 4.42 Å². The van der Waals surface area contributed by atoms with Crippen LogP contribution in [0, 0.1) is 34.5 Å². The first-order valence-electron chi connectivity index (χ1n) is 11.3. The van der Waals surface area contributed by atoms with Crippen molar-refractivity contribution in [3.63, 3.8) is 0 Å². The van der Waals surface area contributed by atoms with Gasteiger partial charge in [-0.05, 0) is 69.4 Å². The molecular formula is C26H25N2O+. The van der Waals surface area contributed by atoms with Gasteiger partial charge in [-0.15, -0.1) is 0 Å². The molecule has 0 N–H and O–H groups in total. The van der Waals surface area contributed by atoms with Crippen LogP contribution in [-0.4, -0.2) is 4.98 Å². The van der Waals surface area contributed by atoms with Crippen molar-refractivity contribution in [2.45, 2.75) is 34.5 Å². The lowest BCUT2D eigenvalue weighted by Gasteiger charge is -2.07. The van der Waals surface area contributed by atoms with Gasteiger partial charge in [-0.25, -0.2) is 4.57 Å². The van der Waals surface area contributed by atoms with Crippen LogP contribution in [0.25, 0.3) is 44.1 Å². The molecule has 0 unspecified atom stereocenters. The van der Waals surface area contributed by atoms with E-state index in [9.17, 15) is 0 Å². The summed E-state index contributed by atoms with van der Waals surface area (Å²) in [6.07, 6.45) is 1.71. The van der Waals surface area contributed by atoms with Crippen molar-refractivity contribution in [1.29, 1.82) is 0 Å². The Balaban J connectivity index is 1.83. The van der Waals surface area contributed by atoms with Crippen LogP contribution in [0.15, 0.2) is 47.0 Å². The lowest BCUT2D eigenvalue weighted by Crippen LogP contribution is -2.31. The summed E-state index contributed by atoms with van der Waals surface area (Å²) >= 11 is 0. The minimum atomic E-state index is -2.15. The van der Waals surface area contributed by atoms with E-state index in [1.807, 2.05) is 31.5 Å². The normalized spacial score (nSPS) is 13.8. The molecule has 0 aliphatic carbocycles. The van der Waals surface area contributed by atoms with Crippen molar-refractivity contribution in [2.75, 3.05) is 0 Å². The van der Waals surface area contributed by atoms with Crippen molar-refractivity contribution in [3.05, 3.63) is 70.5 Å². The van der Waals surface area contributed by atoms with Gasteiger partial charge in [-0.3, -0.25) is 4.98 Å². The fourth-order valence-corrected chi connectivity index (χ4v) is 4.12. The topological polar surface area (TPSA) is 29.9 Å². The third kappa shape index (κ3) is 2.65. The summed E-state index contributed by atoms with van der Waals surface area (Å²) in [4.78, 5) is 4.77. The van der Waals surface area contributed by atoms with Gasteiger partial charge in [0.05, 0.1) is 11.1 Å². The first kappa shape index (κ1) is 14.7. The quantitative estimate of drug-likeness (QED) is 0.324. The Kier molecular flexibility index (Phi) is 3.13. The Labute approximate surface area is 174 Å². The maximum absolute atomic E-state index is 7.83. The van der Waals surface area contributed by atoms with Crippen molar-refractivity contribution in [1.82, 2.24) is 4.98 Å². The summed E-state index contributed by atoms with van der Waals surface area (Å²) in [5.41, 5.74) is 8.84. The average Bonchev–Trinajstić information content (AvgIpc) is 3.05. The third-order valence-electron chi connectivity index (χ3n) is 5.96. The predicted octanol–water partition coefficient (Wildman–Crippen LogP) is 6.17. The second-order valence-electron chi connectivity index (χ2n) is 8.03. The maximum Gasteiger partial charge on any atom is 0.216 e. The molecule has 0 bridgehead atoms. The van der Waals surface area contributed by atoms with Crippen LogP contribution in [0.2, 0.25) is 0 Å². The van der Waals surface area contributed by atoms with Crippen LogP contribution in [-0.2, 0) is 7.05 Å². The van der Waals surface area contributed by atoms with Crippen molar-refractivity contribution < 1.29 is 13.1 Å². The smallest absolute Gasteiger partial charge is 0.216 e. The lowest BCUT2D eigenvalue weighted by atomic mass is 9.98. The molecule has 0 spiro atoms. The molecule has 5 aromatic rings. The number of pyridine rings is 2. The Morgan fingerprint density at radius 2 is 1.72 bits per heavy atom. The van der Waals surface area contributed by atoms with E-state index in [-0.39, 0.29) is 0 Å².